The van der Waals surface area contributed by atoms with Gasteiger partial charge >= 0.3 is 0 Å². The van der Waals surface area contributed by atoms with Crippen LogP contribution in [-0.4, -0.2) is 17.5 Å². The second kappa shape index (κ2) is 5.87. The summed E-state index contributed by atoms with van der Waals surface area (Å²) in [6, 6.07) is 0. The van der Waals surface area contributed by atoms with Crippen LogP contribution in [0.2, 0.25) is 0 Å². The Hall–Kier alpha value is 0.310. The van der Waals surface area contributed by atoms with E-state index in [1.54, 1.807) is 0 Å². The molecule has 0 radical (unpaired) electrons. The van der Waals surface area contributed by atoms with Crippen molar-refractivity contribution in [3.63, 3.8) is 0 Å². The molecule has 1 fully saturated rings. The highest BCUT2D eigenvalue weighted by Gasteiger charge is 2.21. The van der Waals surface area contributed by atoms with Crippen LogP contribution in [0.15, 0.2) is 0 Å². The predicted molar refractivity (Wildman–Crippen MR) is 57.5 cm³/mol. The molecule has 1 aliphatic carbocycles. The van der Waals surface area contributed by atoms with Gasteiger partial charge in [0.25, 0.3) is 0 Å². The van der Waals surface area contributed by atoms with E-state index in [4.69, 9.17) is 5.73 Å². The van der Waals surface area contributed by atoms with Gasteiger partial charge < -0.3 is 5.73 Å². The summed E-state index contributed by atoms with van der Waals surface area (Å²) < 4.78 is 0. The standard InChI is InChI=1S/C10H21NS/c1-2-12-10(8-11)9-6-4-3-5-7-9/h9-10H,2-8,11H2,1H3. The summed E-state index contributed by atoms with van der Waals surface area (Å²) in [6.45, 7) is 3.11. The minimum absolute atomic E-state index is 0.746. The smallest absolute Gasteiger partial charge is 0.0198 e. The van der Waals surface area contributed by atoms with Crippen LogP contribution in [0.1, 0.15) is 39.0 Å². The van der Waals surface area contributed by atoms with Gasteiger partial charge in [-0.15, -0.1) is 0 Å². The molecule has 12 heavy (non-hydrogen) atoms. The van der Waals surface area contributed by atoms with Crippen LogP contribution in [0.3, 0.4) is 0 Å². The van der Waals surface area contributed by atoms with Gasteiger partial charge in [-0.05, 0) is 24.5 Å². The first-order chi connectivity index (χ1) is 5.88. The molecule has 72 valence electrons. The first-order valence-corrected chi connectivity index (χ1v) is 6.25. The lowest BCUT2D eigenvalue weighted by Gasteiger charge is -2.28. The van der Waals surface area contributed by atoms with Gasteiger partial charge in [-0.3, -0.25) is 0 Å². The first kappa shape index (κ1) is 10.4. The van der Waals surface area contributed by atoms with Crippen LogP contribution in [0.4, 0.5) is 0 Å². The fourth-order valence-corrected chi connectivity index (χ4v) is 3.23. The predicted octanol–water partition coefficient (Wildman–Crippen LogP) is 2.65. The quantitative estimate of drug-likeness (QED) is 0.732. The lowest BCUT2D eigenvalue weighted by atomic mass is 9.87. The van der Waals surface area contributed by atoms with Crippen molar-refractivity contribution in [1.82, 2.24) is 0 Å². The second-order valence-electron chi connectivity index (χ2n) is 3.63. The SMILES string of the molecule is CCSC(CN)C1CCCCC1. The molecule has 1 atom stereocenters. The van der Waals surface area contributed by atoms with Crippen LogP contribution in [0.5, 0.6) is 0 Å². The number of hydrogen-bond acceptors (Lipinski definition) is 2. The van der Waals surface area contributed by atoms with E-state index in [2.05, 4.69) is 18.7 Å². The maximum atomic E-state index is 5.77. The summed E-state index contributed by atoms with van der Waals surface area (Å²) in [7, 11) is 0. The topological polar surface area (TPSA) is 26.0 Å². The molecule has 1 unspecified atom stereocenters. The molecule has 0 aromatic rings. The molecule has 1 nitrogen and oxygen atoms in total. The molecule has 0 bridgehead atoms. The van der Waals surface area contributed by atoms with Crippen molar-refractivity contribution in [2.45, 2.75) is 44.3 Å². The van der Waals surface area contributed by atoms with E-state index in [1.807, 2.05) is 0 Å². The third kappa shape index (κ3) is 2.98. The van der Waals surface area contributed by atoms with Gasteiger partial charge in [-0.25, -0.2) is 0 Å². The number of rotatable bonds is 4. The van der Waals surface area contributed by atoms with Crippen LogP contribution in [-0.2, 0) is 0 Å². The minimum atomic E-state index is 0.746. The number of nitrogens with two attached hydrogens (primary N) is 1. The summed E-state index contributed by atoms with van der Waals surface area (Å²) in [6.07, 6.45) is 7.17. The third-order valence-corrected chi connectivity index (χ3v) is 4.13. The second-order valence-corrected chi connectivity index (χ2v) is 5.14. The summed E-state index contributed by atoms with van der Waals surface area (Å²) in [4.78, 5) is 0. The van der Waals surface area contributed by atoms with E-state index in [1.165, 1.54) is 37.9 Å². The van der Waals surface area contributed by atoms with E-state index >= 15 is 0 Å². The molecule has 0 heterocycles. The molecule has 0 saturated heterocycles. The molecule has 0 spiro atoms. The van der Waals surface area contributed by atoms with Crippen molar-refractivity contribution in [2.24, 2.45) is 11.7 Å². The summed E-state index contributed by atoms with van der Waals surface area (Å²) in [5.74, 6) is 2.15. The Morgan fingerprint density at radius 1 is 1.33 bits per heavy atom. The normalized spacial score (nSPS) is 22.5. The van der Waals surface area contributed by atoms with Gasteiger partial charge in [0.1, 0.15) is 0 Å². The average Bonchev–Trinajstić information content (AvgIpc) is 2.15. The van der Waals surface area contributed by atoms with Crippen LogP contribution >= 0.6 is 11.8 Å². The maximum absolute atomic E-state index is 5.77. The lowest BCUT2D eigenvalue weighted by Crippen LogP contribution is -2.28. The largest absolute Gasteiger partial charge is 0.329 e. The van der Waals surface area contributed by atoms with Crippen molar-refractivity contribution >= 4 is 11.8 Å². The Kier molecular flexibility index (Phi) is 5.08. The van der Waals surface area contributed by atoms with Crippen LogP contribution < -0.4 is 5.73 Å². The molecular weight excluding hydrogens is 166 g/mol. The first-order valence-electron chi connectivity index (χ1n) is 5.20. The molecule has 1 rings (SSSR count). The van der Waals surface area contributed by atoms with Gasteiger partial charge in [0.2, 0.25) is 0 Å². The van der Waals surface area contributed by atoms with Gasteiger partial charge in [0.15, 0.2) is 0 Å². The Labute approximate surface area is 80.5 Å². The van der Waals surface area contributed by atoms with Crippen molar-refractivity contribution < 1.29 is 0 Å². The van der Waals surface area contributed by atoms with E-state index in [-0.39, 0.29) is 0 Å². The number of thioether (sulfide) groups is 1. The third-order valence-electron chi connectivity index (χ3n) is 2.79. The van der Waals surface area contributed by atoms with Crippen LogP contribution in [0.25, 0.3) is 0 Å². The summed E-state index contributed by atoms with van der Waals surface area (Å²) in [5.41, 5.74) is 5.77. The monoisotopic (exact) mass is 187 g/mol. The Morgan fingerprint density at radius 3 is 2.50 bits per heavy atom. The Balaban J connectivity index is 2.29. The van der Waals surface area contributed by atoms with Crippen molar-refractivity contribution in [2.75, 3.05) is 12.3 Å². The fraction of sp³-hybridized carbons (Fsp3) is 1.00. The molecule has 2 heteroatoms. The van der Waals surface area contributed by atoms with E-state index < -0.39 is 0 Å². The molecule has 0 aromatic heterocycles. The zero-order chi connectivity index (χ0) is 8.81. The molecule has 0 aromatic carbocycles. The molecule has 0 aliphatic heterocycles. The Bertz CT molecular complexity index is 108. The summed E-state index contributed by atoms with van der Waals surface area (Å²) >= 11 is 2.06. The van der Waals surface area contributed by atoms with Gasteiger partial charge in [-0.1, -0.05) is 26.2 Å². The fourth-order valence-electron chi connectivity index (χ4n) is 2.12. The highest BCUT2D eigenvalue weighted by Crippen LogP contribution is 2.31. The van der Waals surface area contributed by atoms with Crippen molar-refractivity contribution in [1.29, 1.82) is 0 Å². The van der Waals surface area contributed by atoms with E-state index in [0.717, 1.165) is 17.7 Å². The molecule has 1 aliphatic rings. The molecule has 2 N–H and O–H groups in total. The highest BCUT2D eigenvalue weighted by atomic mass is 32.2. The van der Waals surface area contributed by atoms with Gasteiger partial charge in [0, 0.05) is 11.8 Å². The van der Waals surface area contributed by atoms with Crippen LogP contribution in [0, 0.1) is 5.92 Å². The average molecular weight is 187 g/mol. The molecular formula is C10H21NS. The van der Waals surface area contributed by atoms with Crippen molar-refractivity contribution in [3.05, 3.63) is 0 Å². The maximum Gasteiger partial charge on any atom is 0.0198 e. The zero-order valence-corrected chi connectivity index (χ0v) is 8.91. The summed E-state index contributed by atoms with van der Waals surface area (Å²) in [5, 5.41) is 0.746. The zero-order valence-electron chi connectivity index (χ0n) is 8.09. The van der Waals surface area contributed by atoms with Gasteiger partial charge in [-0.2, -0.15) is 11.8 Å². The molecule has 0 amide bonds. The minimum Gasteiger partial charge on any atom is -0.329 e. The van der Waals surface area contributed by atoms with Gasteiger partial charge in [0.05, 0.1) is 0 Å². The number of hydrogen-bond donors (Lipinski definition) is 1. The van der Waals surface area contributed by atoms with E-state index in [9.17, 15) is 0 Å². The van der Waals surface area contributed by atoms with E-state index in [0.29, 0.717) is 0 Å². The lowest BCUT2D eigenvalue weighted by molar-refractivity contribution is 0.351. The van der Waals surface area contributed by atoms with Crippen molar-refractivity contribution in [3.8, 4) is 0 Å². The Morgan fingerprint density at radius 2 is 2.00 bits per heavy atom. The molecule has 1 saturated carbocycles. The highest BCUT2D eigenvalue weighted by molar-refractivity contribution is 7.99.